The van der Waals surface area contributed by atoms with Gasteiger partial charge < -0.3 is 9.32 Å². The second-order valence-corrected chi connectivity index (χ2v) is 7.89. The molecule has 1 spiro atoms. The van der Waals surface area contributed by atoms with Crippen LogP contribution in [0.4, 0.5) is 0 Å². The summed E-state index contributed by atoms with van der Waals surface area (Å²) in [5.74, 6) is 1.27. The van der Waals surface area contributed by atoms with Crippen LogP contribution < -0.4 is 0 Å². The molecule has 23 heavy (non-hydrogen) atoms. The maximum Gasteiger partial charge on any atom is 0.223 e. The van der Waals surface area contributed by atoms with Crippen molar-refractivity contribution in [3.05, 3.63) is 40.2 Å². The summed E-state index contributed by atoms with van der Waals surface area (Å²) in [5, 5.41) is 3.12. The van der Waals surface area contributed by atoms with Gasteiger partial charge in [0, 0.05) is 30.3 Å². The van der Waals surface area contributed by atoms with Crippen LogP contribution in [0.3, 0.4) is 0 Å². The molecule has 0 bridgehead atoms. The second-order valence-electron chi connectivity index (χ2n) is 6.82. The fraction of sp³-hybridized carbons (Fsp3) is 0.529. The Hall–Kier alpha value is -1.66. The van der Waals surface area contributed by atoms with Crippen LogP contribution in [0.5, 0.6) is 0 Å². The Morgan fingerprint density at radius 3 is 3.04 bits per heavy atom. The Balaban J connectivity index is 1.39. The average Bonchev–Trinajstić information content (AvgIpc) is 3.26. The second kappa shape index (κ2) is 5.76. The van der Waals surface area contributed by atoms with Crippen LogP contribution in [0.25, 0.3) is 0 Å². The summed E-state index contributed by atoms with van der Waals surface area (Å²) in [4.78, 5) is 21.3. The van der Waals surface area contributed by atoms with Crippen molar-refractivity contribution < 1.29 is 9.21 Å². The molecule has 0 aromatic carbocycles. The SMILES string of the molecule is Cc1nc(CN2C[C@@]3(CCN(Cc4ccco4)C3)CC2=O)cs1. The maximum absolute atomic E-state index is 12.4. The number of aryl methyl sites for hydroxylation is 1. The quantitative estimate of drug-likeness (QED) is 0.864. The van der Waals surface area contributed by atoms with E-state index in [0.29, 0.717) is 13.0 Å². The van der Waals surface area contributed by atoms with Crippen molar-refractivity contribution in [3.63, 3.8) is 0 Å². The zero-order valence-corrected chi connectivity index (χ0v) is 14.1. The molecular formula is C17H21N3O2S. The number of thiazole rings is 1. The van der Waals surface area contributed by atoms with Gasteiger partial charge in [-0.3, -0.25) is 9.69 Å². The number of likely N-dealkylation sites (tertiary alicyclic amines) is 2. The molecule has 0 saturated carbocycles. The fourth-order valence-electron chi connectivity index (χ4n) is 3.86. The Kier molecular flexibility index (Phi) is 3.73. The van der Waals surface area contributed by atoms with E-state index in [9.17, 15) is 4.79 Å². The highest BCUT2D eigenvalue weighted by atomic mass is 32.1. The minimum absolute atomic E-state index is 0.120. The predicted molar refractivity (Wildman–Crippen MR) is 87.9 cm³/mol. The molecule has 2 saturated heterocycles. The van der Waals surface area contributed by atoms with Gasteiger partial charge in [0.05, 0.1) is 30.1 Å². The lowest BCUT2D eigenvalue weighted by Crippen LogP contribution is -2.31. The standard InChI is InChI=1S/C17H21N3O2S/c1-13-18-14(10-23-13)8-20-12-17(7-16(20)21)4-5-19(11-17)9-15-3-2-6-22-15/h2-3,6,10H,4-5,7-9,11-12H2,1H3/t17-/m0/s1. The molecule has 0 radical (unpaired) electrons. The molecule has 4 heterocycles. The number of carbonyl (C=O) groups is 1. The van der Waals surface area contributed by atoms with Crippen LogP contribution in [-0.2, 0) is 17.9 Å². The number of hydrogen-bond donors (Lipinski definition) is 0. The summed E-state index contributed by atoms with van der Waals surface area (Å²) < 4.78 is 5.44. The number of carbonyl (C=O) groups excluding carboxylic acids is 1. The van der Waals surface area contributed by atoms with Gasteiger partial charge in [-0.1, -0.05) is 0 Å². The molecule has 1 amide bonds. The molecule has 0 N–H and O–H groups in total. The summed E-state index contributed by atoms with van der Waals surface area (Å²) >= 11 is 1.65. The molecule has 0 aliphatic carbocycles. The Labute approximate surface area is 139 Å². The third-order valence-corrected chi connectivity index (χ3v) is 5.72. The molecule has 6 heteroatoms. The van der Waals surface area contributed by atoms with Gasteiger partial charge in [-0.05, 0) is 32.0 Å². The monoisotopic (exact) mass is 331 g/mol. The highest BCUT2D eigenvalue weighted by Gasteiger charge is 2.47. The molecule has 0 unspecified atom stereocenters. The van der Waals surface area contributed by atoms with Crippen molar-refractivity contribution in [2.24, 2.45) is 5.41 Å². The van der Waals surface area contributed by atoms with Gasteiger partial charge in [0.2, 0.25) is 5.91 Å². The van der Waals surface area contributed by atoms with Crippen molar-refractivity contribution in [2.45, 2.75) is 32.9 Å². The first-order valence-corrected chi connectivity index (χ1v) is 8.93. The van der Waals surface area contributed by atoms with E-state index in [1.807, 2.05) is 24.0 Å². The normalized spacial score (nSPS) is 25.1. The molecular weight excluding hydrogens is 310 g/mol. The van der Waals surface area contributed by atoms with Gasteiger partial charge in [0.25, 0.3) is 0 Å². The molecule has 122 valence electrons. The van der Waals surface area contributed by atoms with Gasteiger partial charge in [-0.25, -0.2) is 4.98 Å². The van der Waals surface area contributed by atoms with E-state index in [0.717, 1.165) is 49.1 Å². The van der Waals surface area contributed by atoms with Crippen molar-refractivity contribution in [2.75, 3.05) is 19.6 Å². The zero-order valence-electron chi connectivity index (χ0n) is 13.3. The molecule has 2 aliphatic rings. The van der Waals surface area contributed by atoms with Crippen LogP contribution in [-0.4, -0.2) is 40.3 Å². The molecule has 2 aromatic heterocycles. The van der Waals surface area contributed by atoms with E-state index in [4.69, 9.17) is 4.42 Å². The van der Waals surface area contributed by atoms with Crippen molar-refractivity contribution in [1.29, 1.82) is 0 Å². The van der Waals surface area contributed by atoms with E-state index in [2.05, 4.69) is 15.3 Å². The van der Waals surface area contributed by atoms with Crippen LogP contribution in [0.1, 0.15) is 29.3 Å². The molecule has 4 rings (SSSR count). The summed E-state index contributed by atoms with van der Waals surface area (Å²) in [6.45, 7) is 6.38. The van der Waals surface area contributed by atoms with E-state index in [1.54, 1.807) is 17.6 Å². The molecule has 2 fully saturated rings. The highest BCUT2D eigenvalue weighted by molar-refractivity contribution is 7.09. The number of rotatable bonds is 4. The van der Waals surface area contributed by atoms with Crippen molar-refractivity contribution in [3.8, 4) is 0 Å². The minimum atomic E-state index is 0.120. The van der Waals surface area contributed by atoms with Crippen molar-refractivity contribution >= 4 is 17.2 Å². The van der Waals surface area contributed by atoms with Gasteiger partial charge >= 0.3 is 0 Å². The Bertz CT molecular complexity index is 697. The lowest BCUT2D eigenvalue weighted by atomic mass is 9.86. The number of amides is 1. The topological polar surface area (TPSA) is 49.6 Å². The molecule has 2 aromatic rings. The zero-order chi connectivity index (χ0) is 15.9. The first kappa shape index (κ1) is 14.9. The van der Waals surface area contributed by atoms with E-state index in [-0.39, 0.29) is 11.3 Å². The highest BCUT2D eigenvalue weighted by Crippen LogP contribution is 2.41. The predicted octanol–water partition coefficient (Wildman–Crippen LogP) is 2.67. The fourth-order valence-corrected chi connectivity index (χ4v) is 4.46. The molecule has 1 atom stereocenters. The third kappa shape index (κ3) is 3.05. The van der Waals surface area contributed by atoms with E-state index in [1.165, 1.54) is 0 Å². The lowest BCUT2D eigenvalue weighted by Gasteiger charge is -2.23. The van der Waals surface area contributed by atoms with Crippen LogP contribution in [0.15, 0.2) is 28.2 Å². The van der Waals surface area contributed by atoms with Crippen LogP contribution in [0.2, 0.25) is 0 Å². The van der Waals surface area contributed by atoms with Gasteiger partial charge in [-0.15, -0.1) is 11.3 Å². The first-order chi connectivity index (χ1) is 11.1. The van der Waals surface area contributed by atoms with Crippen molar-refractivity contribution in [1.82, 2.24) is 14.8 Å². The first-order valence-electron chi connectivity index (χ1n) is 8.05. The summed E-state index contributed by atoms with van der Waals surface area (Å²) in [6, 6.07) is 3.94. The lowest BCUT2D eigenvalue weighted by molar-refractivity contribution is -0.128. The smallest absolute Gasteiger partial charge is 0.223 e. The van der Waals surface area contributed by atoms with Gasteiger partial charge in [0.1, 0.15) is 5.76 Å². The number of hydrogen-bond acceptors (Lipinski definition) is 5. The molecule has 5 nitrogen and oxygen atoms in total. The van der Waals surface area contributed by atoms with Gasteiger partial charge in [0.15, 0.2) is 0 Å². The maximum atomic E-state index is 12.4. The molecule has 2 aliphatic heterocycles. The summed E-state index contributed by atoms with van der Waals surface area (Å²) in [6.07, 6.45) is 3.48. The Morgan fingerprint density at radius 1 is 1.39 bits per heavy atom. The number of furan rings is 1. The summed E-state index contributed by atoms with van der Waals surface area (Å²) in [5.41, 5.74) is 1.14. The third-order valence-electron chi connectivity index (χ3n) is 4.90. The number of aromatic nitrogens is 1. The number of nitrogens with zero attached hydrogens (tertiary/aromatic N) is 3. The Morgan fingerprint density at radius 2 is 2.30 bits per heavy atom. The minimum Gasteiger partial charge on any atom is -0.468 e. The van der Waals surface area contributed by atoms with Gasteiger partial charge in [-0.2, -0.15) is 0 Å². The van der Waals surface area contributed by atoms with E-state index >= 15 is 0 Å². The van der Waals surface area contributed by atoms with E-state index < -0.39 is 0 Å². The average molecular weight is 331 g/mol. The van der Waals surface area contributed by atoms with Crippen LogP contribution in [0, 0.1) is 12.3 Å². The van der Waals surface area contributed by atoms with Crippen LogP contribution >= 0.6 is 11.3 Å². The largest absolute Gasteiger partial charge is 0.468 e. The summed E-state index contributed by atoms with van der Waals surface area (Å²) in [7, 11) is 0.